The molecule has 0 fully saturated rings. The third kappa shape index (κ3) is 4.06. The van der Waals surface area contributed by atoms with Gasteiger partial charge in [-0.15, -0.1) is 0 Å². The molecule has 0 saturated carbocycles. The molecule has 5 heteroatoms. The lowest BCUT2D eigenvalue weighted by atomic mass is 9.96. The molecule has 0 atom stereocenters. The van der Waals surface area contributed by atoms with Gasteiger partial charge in [0, 0.05) is 18.2 Å². The summed E-state index contributed by atoms with van der Waals surface area (Å²) in [6.45, 7) is 0.866. The minimum Gasteiger partial charge on any atom is -0.497 e. The first-order valence-electron chi connectivity index (χ1n) is 9.95. The summed E-state index contributed by atoms with van der Waals surface area (Å²) in [7, 11) is 1.54. The van der Waals surface area contributed by atoms with Gasteiger partial charge in [-0.05, 0) is 71.8 Å². The number of carbonyl (C=O) groups is 1. The molecule has 30 heavy (non-hydrogen) atoms. The van der Waals surface area contributed by atoms with E-state index in [0.717, 1.165) is 31.9 Å². The molecule has 0 bridgehead atoms. The summed E-state index contributed by atoms with van der Waals surface area (Å²) >= 11 is 0. The summed E-state index contributed by atoms with van der Waals surface area (Å²) in [5, 5.41) is 2.97. The number of ether oxygens (including phenoxy) is 1. The van der Waals surface area contributed by atoms with Crippen LogP contribution in [0, 0.1) is 0 Å². The molecule has 0 saturated heterocycles. The first-order chi connectivity index (χ1) is 14.3. The highest BCUT2D eigenvalue weighted by atomic mass is 19.3. The molecule has 0 spiro atoms. The van der Waals surface area contributed by atoms with Gasteiger partial charge in [0.25, 0.3) is 11.8 Å². The number of aryl methyl sites for hydroxylation is 2. The Morgan fingerprint density at radius 1 is 0.967 bits per heavy atom. The van der Waals surface area contributed by atoms with Gasteiger partial charge in [0.2, 0.25) is 0 Å². The highest BCUT2D eigenvalue weighted by Crippen LogP contribution is 2.32. The van der Waals surface area contributed by atoms with E-state index in [4.69, 9.17) is 4.74 Å². The van der Waals surface area contributed by atoms with Crippen LogP contribution < -0.4 is 10.1 Å². The van der Waals surface area contributed by atoms with E-state index in [1.165, 1.54) is 30.4 Å². The standard InChI is InChI=1S/C25H23F2NO2/c1-25(26,27)19-9-6-17(7-10-19)22-13-12-21(30-2)15-23(22)24(29)28-20-11-8-16-4-3-5-18(16)14-20/h6-15H,3-5H2,1-2H3,(H,28,29). The van der Waals surface area contributed by atoms with E-state index in [1.807, 2.05) is 12.1 Å². The van der Waals surface area contributed by atoms with Crippen molar-refractivity contribution >= 4 is 11.6 Å². The number of carbonyl (C=O) groups excluding carboxylic acids is 1. The van der Waals surface area contributed by atoms with Crippen LogP contribution in [0.4, 0.5) is 14.5 Å². The Balaban J connectivity index is 1.67. The van der Waals surface area contributed by atoms with Gasteiger partial charge in [0.15, 0.2) is 0 Å². The molecule has 3 nitrogen and oxygen atoms in total. The Morgan fingerprint density at radius 3 is 2.40 bits per heavy atom. The summed E-state index contributed by atoms with van der Waals surface area (Å²) in [6.07, 6.45) is 3.24. The molecule has 0 unspecified atom stereocenters. The van der Waals surface area contributed by atoms with Crippen LogP contribution in [0.25, 0.3) is 11.1 Å². The van der Waals surface area contributed by atoms with E-state index < -0.39 is 5.92 Å². The molecular weight excluding hydrogens is 384 g/mol. The largest absolute Gasteiger partial charge is 0.497 e. The van der Waals surface area contributed by atoms with Crippen molar-refractivity contribution in [3.8, 4) is 16.9 Å². The van der Waals surface area contributed by atoms with E-state index in [-0.39, 0.29) is 11.5 Å². The van der Waals surface area contributed by atoms with Gasteiger partial charge < -0.3 is 10.1 Å². The Kier molecular flexibility index (Phi) is 5.29. The Labute approximate surface area is 174 Å². The summed E-state index contributed by atoms with van der Waals surface area (Å²) in [5.41, 5.74) is 5.05. The van der Waals surface area contributed by atoms with Crippen LogP contribution in [0.5, 0.6) is 5.75 Å². The fourth-order valence-corrected chi connectivity index (χ4v) is 3.88. The van der Waals surface area contributed by atoms with Crippen LogP contribution in [0.15, 0.2) is 60.7 Å². The topological polar surface area (TPSA) is 38.3 Å². The van der Waals surface area contributed by atoms with Gasteiger partial charge in [-0.2, -0.15) is 0 Å². The van der Waals surface area contributed by atoms with Gasteiger partial charge in [0.1, 0.15) is 5.75 Å². The molecule has 0 heterocycles. The molecule has 0 aliphatic heterocycles. The Morgan fingerprint density at radius 2 is 1.70 bits per heavy atom. The number of nitrogens with one attached hydrogen (secondary N) is 1. The van der Waals surface area contributed by atoms with Crippen LogP contribution in [-0.2, 0) is 18.8 Å². The molecule has 154 valence electrons. The van der Waals surface area contributed by atoms with Crippen LogP contribution >= 0.6 is 0 Å². The number of rotatable bonds is 5. The summed E-state index contributed by atoms with van der Waals surface area (Å²) < 4.78 is 32.4. The van der Waals surface area contributed by atoms with E-state index in [1.54, 1.807) is 30.3 Å². The van der Waals surface area contributed by atoms with Gasteiger partial charge in [0.05, 0.1) is 12.7 Å². The highest BCUT2D eigenvalue weighted by Gasteiger charge is 2.24. The number of methoxy groups -OCH3 is 1. The van der Waals surface area contributed by atoms with Crippen LogP contribution in [0.3, 0.4) is 0 Å². The van der Waals surface area contributed by atoms with Crippen molar-refractivity contribution in [2.24, 2.45) is 0 Å². The summed E-state index contributed by atoms with van der Waals surface area (Å²) in [4.78, 5) is 13.1. The number of fused-ring (bicyclic) bond motifs is 1. The van der Waals surface area contributed by atoms with E-state index >= 15 is 0 Å². The average molecular weight is 407 g/mol. The average Bonchev–Trinajstić information content (AvgIpc) is 3.20. The third-order valence-corrected chi connectivity index (χ3v) is 5.53. The molecule has 0 aromatic heterocycles. The van der Waals surface area contributed by atoms with Crippen molar-refractivity contribution in [1.82, 2.24) is 0 Å². The lowest BCUT2D eigenvalue weighted by molar-refractivity contribution is 0.0175. The van der Waals surface area contributed by atoms with Crippen LogP contribution in [-0.4, -0.2) is 13.0 Å². The maximum atomic E-state index is 13.6. The van der Waals surface area contributed by atoms with Gasteiger partial charge >= 0.3 is 0 Å². The zero-order valence-corrected chi connectivity index (χ0v) is 17.0. The molecule has 4 rings (SSSR count). The quantitative estimate of drug-likeness (QED) is 0.546. The lowest BCUT2D eigenvalue weighted by Gasteiger charge is -2.15. The highest BCUT2D eigenvalue weighted by molar-refractivity contribution is 6.09. The smallest absolute Gasteiger partial charge is 0.270 e. The minimum atomic E-state index is -2.91. The third-order valence-electron chi connectivity index (χ3n) is 5.53. The number of alkyl halides is 2. The number of hydrogen-bond acceptors (Lipinski definition) is 2. The number of amides is 1. The minimum absolute atomic E-state index is 0.0658. The normalized spacial score (nSPS) is 13.1. The zero-order chi connectivity index (χ0) is 21.3. The molecular formula is C25H23F2NO2. The zero-order valence-electron chi connectivity index (χ0n) is 17.0. The SMILES string of the molecule is COc1ccc(-c2ccc(C(C)(F)F)cc2)c(C(=O)Nc2ccc3c(c2)CCC3)c1. The van der Waals surface area contributed by atoms with Crippen molar-refractivity contribution < 1.29 is 18.3 Å². The fraction of sp³-hybridized carbons (Fsp3) is 0.240. The first-order valence-corrected chi connectivity index (χ1v) is 9.95. The van der Waals surface area contributed by atoms with Gasteiger partial charge in [-0.3, -0.25) is 4.79 Å². The molecule has 3 aromatic rings. The van der Waals surface area contributed by atoms with Crippen LogP contribution in [0.2, 0.25) is 0 Å². The molecule has 1 aliphatic carbocycles. The lowest BCUT2D eigenvalue weighted by Crippen LogP contribution is -2.14. The van der Waals surface area contributed by atoms with Gasteiger partial charge in [-0.25, -0.2) is 8.78 Å². The van der Waals surface area contributed by atoms with E-state index in [2.05, 4.69) is 11.4 Å². The molecule has 1 N–H and O–H groups in total. The Hall–Kier alpha value is -3.21. The second kappa shape index (κ2) is 7.90. The fourth-order valence-electron chi connectivity index (χ4n) is 3.88. The number of benzene rings is 3. The summed E-state index contributed by atoms with van der Waals surface area (Å²) in [5.74, 6) is -2.63. The predicted molar refractivity (Wildman–Crippen MR) is 114 cm³/mol. The summed E-state index contributed by atoms with van der Waals surface area (Å²) in [6, 6.07) is 17.2. The number of hydrogen-bond donors (Lipinski definition) is 1. The van der Waals surface area contributed by atoms with Crippen molar-refractivity contribution in [3.63, 3.8) is 0 Å². The van der Waals surface area contributed by atoms with Crippen LogP contribution in [0.1, 0.15) is 40.4 Å². The second-order valence-corrected chi connectivity index (χ2v) is 7.67. The van der Waals surface area contributed by atoms with Crippen molar-refractivity contribution in [3.05, 3.63) is 82.9 Å². The number of halogens is 2. The molecule has 3 aromatic carbocycles. The first kappa shape index (κ1) is 20.1. The maximum absolute atomic E-state index is 13.6. The van der Waals surface area contributed by atoms with Crippen molar-refractivity contribution in [1.29, 1.82) is 0 Å². The van der Waals surface area contributed by atoms with E-state index in [9.17, 15) is 13.6 Å². The maximum Gasteiger partial charge on any atom is 0.270 e. The van der Waals surface area contributed by atoms with Gasteiger partial charge in [-0.1, -0.05) is 30.3 Å². The molecule has 1 amide bonds. The van der Waals surface area contributed by atoms with E-state index in [0.29, 0.717) is 22.4 Å². The van der Waals surface area contributed by atoms with Crippen molar-refractivity contribution in [2.75, 3.05) is 12.4 Å². The molecule has 1 aliphatic rings. The predicted octanol–water partition coefficient (Wildman–Crippen LogP) is 6.21. The number of anilines is 1. The second-order valence-electron chi connectivity index (χ2n) is 7.67. The monoisotopic (exact) mass is 407 g/mol. The Bertz CT molecular complexity index is 1090. The molecule has 0 radical (unpaired) electrons. The van der Waals surface area contributed by atoms with Crippen molar-refractivity contribution in [2.45, 2.75) is 32.1 Å².